The summed E-state index contributed by atoms with van der Waals surface area (Å²) in [5.74, 6) is 1.52. The standard InChI is InChI=1S/C14H26ClNO/c15-11-12-5-1-2-8-14(12)16-9-3-6-13-7-4-10-17-13/h12-14,16H,1-11H2. The van der Waals surface area contributed by atoms with Gasteiger partial charge in [0, 0.05) is 18.5 Å². The number of ether oxygens (including phenoxy) is 1. The Labute approximate surface area is 110 Å². The maximum atomic E-state index is 6.03. The van der Waals surface area contributed by atoms with Gasteiger partial charge in [0.2, 0.25) is 0 Å². The summed E-state index contributed by atoms with van der Waals surface area (Å²) in [6.45, 7) is 2.12. The maximum absolute atomic E-state index is 6.03. The van der Waals surface area contributed by atoms with Crippen LogP contribution in [0.25, 0.3) is 0 Å². The molecular weight excluding hydrogens is 234 g/mol. The molecule has 0 aromatic carbocycles. The van der Waals surface area contributed by atoms with E-state index in [-0.39, 0.29) is 0 Å². The Morgan fingerprint density at radius 1 is 1.12 bits per heavy atom. The van der Waals surface area contributed by atoms with E-state index in [1.54, 1.807) is 0 Å². The second kappa shape index (κ2) is 7.60. The molecule has 0 bridgehead atoms. The summed E-state index contributed by atoms with van der Waals surface area (Å²) in [7, 11) is 0. The van der Waals surface area contributed by atoms with E-state index in [1.807, 2.05) is 0 Å². The van der Waals surface area contributed by atoms with Crippen molar-refractivity contribution >= 4 is 11.6 Å². The lowest BCUT2D eigenvalue weighted by atomic mass is 9.86. The van der Waals surface area contributed by atoms with Gasteiger partial charge < -0.3 is 10.1 Å². The van der Waals surface area contributed by atoms with E-state index in [1.165, 1.54) is 51.4 Å². The van der Waals surface area contributed by atoms with Crippen LogP contribution in [0.5, 0.6) is 0 Å². The van der Waals surface area contributed by atoms with Gasteiger partial charge in [0.25, 0.3) is 0 Å². The van der Waals surface area contributed by atoms with Crippen molar-refractivity contribution in [2.45, 2.75) is 63.5 Å². The third-order valence-corrected chi connectivity index (χ3v) is 4.64. The fraction of sp³-hybridized carbons (Fsp3) is 1.00. The summed E-state index contributed by atoms with van der Waals surface area (Å²) in [6.07, 6.45) is 10.9. The first-order valence-corrected chi connectivity index (χ1v) is 7.84. The first-order chi connectivity index (χ1) is 8.40. The minimum atomic E-state index is 0.548. The van der Waals surface area contributed by atoms with Gasteiger partial charge in [-0.15, -0.1) is 11.6 Å². The highest BCUT2D eigenvalue weighted by molar-refractivity contribution is 6.18. The number of hydrogen-bond donors (Lipinski definition) is 1. The van der Waals surface area contributed by atoms with Crippen molar-refractivity contribution in [1.82, 2.24) is 5.32 Å². The first kappa shape index (κ1) is 13.6. The Morgan fingerprint density at radius 3 is 2.76 bits per heavy atom. The lowest BCUT2D eigenvalue weighted by Gasteiger charge is -2.31. The molecule has 1 aliphatic heterocycles. The zero-order chi connectivity index (χ0) is 11.9. The zero-order valence-electron chi connectivity index (χ0n) is 10.8. The van der Waals surface area contributed by atoms with Gasteiger partial charge in [0.1, 0.15) is 0 Å². The monoisotopic (exact) mass is 259 g/mol. The second-order valence-corrected chi connectivity index (χ2v) is 5.85. The van der Waals surface area contributed by atoms with Gasteiger partial charge in [-0.1, -0.05) is 12.8 Å². The van der Waals surface area contributed by atoms with Gasteiger partial charge in [-0.2, -0.15) is 0 Å². The minimum Gasteiger partial charge on any atom is -0.378 e. The molecule has 1 aliphatic carbocycles. The molecule has 17 heavy (non-hydrogen) atoms. The van der Waals surface area contributed by atoms with Gasteiger partial charge in [-0.05, 0) is 51.0 Å². The smallest absolute Gasteiger partial charge is 0.0576 e. The average Bonchev–Trinajstić information content (AvgIpc) is 2.88. The quantitative estimate of drug-likeness (QED) is 0.584. The zero-order valence-corrected chi connectivity index (χ0v) is 11.6. The summed E-state index contributed by atoms with van der Waals surface area (Å²) < 4.78 is 5.64. The van der Waals surface area contributed by atoms with E-state index in [9.17, 15) is 0 Å². The van der Waals surface area contributed by atoms with E-state index < -0.39 is 0 Å². The Kier molecular flexibility index (Phi) is 6.10. The molecule has 2 rings (SSSR count). The Morgan fingerprint density at radius 2 is 2.00 bits per heavy atom. The number of hydrogen-bond acceptors (Lipinski definition) is 2. The fourth-order valence-corrected chi connectivity index (χ4v) is 3.52. The largest absolute Gasteiger partial charge is 0.378 e. The van der Waals surface area contributed by atoms with E-state index in [4.69, 9.17) is 16.3 Å². The van der Waals surface area contributed by atoms with Crippen LogP contribution in [0.2, 0.25) is 0 Å². The summed E-state index contributed by atoms with van der Waals surface area (Å²) in [5, 5.41) is 3.71. The highest BCUT2D eigenvalue weighted by atomic mass is 35.5. The lowest BCUT2D eigenvalue weighted by molar-refractivity contribution is 0.102. The Bertz CT molecular complexity index is 206. The molecule has 3 unspecified atom stereocenters. The SMILES string of the molecule is ClCC1CCCCC1NCCCC1CCCO1. The fourth-order valence-electron chi connectivity index (χ4n) is 3.15. The molecule has 0 spiro atoms. The maximum Gasteiger partial charge on any atom is 0.0576 e. The first-order valence-electron chi connectivity index (χ1n) is 7.31. The second-order valence-electron chi connectivity index (χ2n) is 5.54. The summed E-state index contributed by atoms with van der Waals surface area (Å²) in [6, 6.07) is 0.672. The van der Waals surface area contributed by atoms with E-state index >= 15 is 0 Å². The summed E-state index contributed by atoms with van der Waals surface area (Å²) in [4.78, 5) is 0. The van der Waals surface area contributed by atoms with Gasteiger partial charge in [0.15, 0.2) is 0 Å². The predicted molar refractivity (Wildman–Crippen MR) is 72.7 cm³/mol. The van der Waals surface area contributed by atoms with Gasteiger partial charge >= 0.3 is 0 Å². The van der Waals surface area contributed by atoms with Crippen LogP contribution in [0.1, 0.15) is 51.4 Å². The van der Waals surface area contributed by atoms with Crippen molar-refractivity contribution in [3.05, 3.63) is 0 Å². The third kappa shape index (κ3) is 4.42. The molecule has 1 saturated heterocycles. The van der Waals surface area contributed by atoms with Crippen molar-refractivity contribution in [3.63, 3.8) is 0 Å². The number of halogens is 1. The highest BCUT2D eigenvalue weighted by Crippen LogP contribution is 2.25. The molecule has 0 amide bonds. The molecule has 0 radical (unpaired) electrons. The molecule has 2 aliphatic rings. The van der Waals surface area contributed by atoms with E-state index in [0.29, 0.717) is 18.1 Å². The average molecular weight is 260 g/mol. The van der Waals surface area contributed by atoms with Gasteiger partial charge in [0.05, 0.1) is 6.10 Å². The molecular formula is C14H26ClNO. The van der Waals surface area contributed by atoms with Crippen LogP contribution in [-0.4, -0.2) is 31.2 Å². The number of alkyl halides is 1. The number of rotatable bonds is 6. The van der Waals surface area contributed by atoms with Crippen molar-refractivity contribution in [2.24, 2.45) is 5.92 Å². The molecule has 2 fully saturated rings. The van der Waals surface area contributed by atoms with Gasteiger partial charge in [-0.3, -0.25) is 0 Å². The molecule has 2 nitrogen and oxygen atoms in total. The van der Waals surface area contributed by atoms with Crippen LogP contribution in [0.3, 0.4) is 0 Å². The Hall–Kier alpha value is 0.210. The van der Waals surface area contributed by atoms with Crippen LogP contribution in [0.4, 0.5) is 0 Å². The van der Waals surface area contributed by atoms with E-state index in [0.717, 1.165) is 19.0 Å². The molecule has 0 aromatic heterocycles. The number of nitrogens with one attached hydrogen (secondary N) is 1. The summed E-state index contributed by atoms with van der Waals surface area (Å²) in [5.41, 5.74) is 0. The summed E-state index contributed by atoms with van der Waals surface area (Å²) >= 11 is 6.03. The topological polar surface area (TPSA) is 21.3 Å². The van der Waals surface area contributed by atoms with Crippen molar-refractivity contribution < 1.29 is 4.74 Å². The molecule has 0 aromatic rings. The van der Waals surface area contributed by atoms with Crippen LogP contribution in [0.15, 0.2) is 0 Å². The highest BCUT2D eigenvalue weighted by Gasteiger charge is 2.23. The van der Waals surface area contributed by atoms with Crippen LogP contribution < -0.4 is 5.32 Å². The lowest BCUT2D eigenvalue weighted by Crippen LogP contribution is -2.40. The molecule has 3 heteroatoms. The van der Waals surface area contributed by atoms with Crippen LogP contribution in [0, 0.1) is 5.92 Å². The molecule has 3 atom stereocenters. The van der Waals surface area contributed by atoms with Crippen LogP contribution >= 0.6 is 11.6 Å². The van der Waals surface area contributed by atoms with Crippen molar-refractivity contribution in [1.29, 1.82) is 0 Å². The van der Waals surface area contributed by atoms with E-state index in [2.05, 4.69) is 5.32 Å². The normalized spacial score (nSPS) is 34.1. The van der Waals surface area contributed by atoms with Gasteiger partial charge in [-0.25, -0.2) is 0 Å². The molecule has 1 heterocycles. The molecule has 100 valence electrons. The molecule has 1 N–H and O–H groups in total. The van der Waals surface area contributed by atoms with Crippen molar-refractivity contribution in [3.8, 4) is 0 Å². The molecule has 1 saturated carbocycles. The van der Waals surface area contributed by atoms with Crippen LogP contribution in [-0.2, 0) is 4.74 Å². The predicted octanol–water partition coefficient (Wildman–Crippen LogP) is 3.33. The van der Waals surface area contributed by atoms with Crippen molar-refractivity contribution in [2.75, 3.05) is 19.0 Å². The third-order valence-electron chi connectivity index (χ3n) is 4.24. The Balaban J connectivity index is 1.56. The minimum absolute atomic E-state index is 0.548.